The zero-order valence-corrected chi connectivity index (χ0v) is 11.8. The van der Waals surface area contributed by atoms with E-state index in [-0.39, 0.29) is 23.8 Å². The first-order valence-electron chi connectivity index (χ1n) is 6.89. The van der Waals surface area contributed by atoms with Crippen LogP contribution in [0.3, 0.4) is 0 Å². The molecule has 104 valence electrons. The second-order valence-corrected chi connectivity index (χ2v) is 5.42. The lowest BCUT2D eigenvalue weighted by Gasteiger charge is -2.36. The predicted molar refractivity (Wildman–Crippen MR) is 70.1 cm³/mol. The van der Waals surface area contributed by atoms with Gasteiger partial charge in [-0.3, -0.25) is 9.59 Å². The highest BCUT2D eigenvalue weighted by atomic mass is 16.5. The van der Waals surface area contributed by atoms with Gasteiger partial charge >= 0.3 is 5.97 Å². The van der Waals surface area contributed by atoms with Crippen molar-refractivity contribution >= 4 is 11.9 Å². The molecule has 0 unspecified atom stereocenters. The minimum atomic E-state index is -0.337. The summed E-state index contributed by atoms with van der Waals surface area (Å²) in [5, 5.41) is 0. The van der Waals surface area contributed by atoms with Crippen LogP contribution in [0.25, 0.3) is 0 Å². The zero-order chi connectivity index (χ0) is 13.6. The molecule has 18 heavy (non-hydrogen) atoms. The van der Waals surface area contributed by atoms with E-state index >= 15 is 0 Å². The second-order valence-electron chi connectivity index (χ2n) is 5.42. The van der Waals surface area contributed by atoms with E-state index in [4.69, 9.17) is 0 Å². The van der Waals surface area contributed by atoms with Gasteiger partial charge in [-0.2, -0.15) is 0 Å². The van der Waals surface area contributed by atoms with E-state index in [1.54, 1.807) is 4.90 Å². The fourth-order valence-electron chi connectivity index (χ4n) is 2.67. The van der Waals surface area contributed by atoms with Crippen molar-refractivity contribution in [1.29, 1.82) is 0 Å². The molecular formula is C14H25NO3. The zero-order valence-electron chi connectivity index (χ0n) is 11.8. The van der Waals surface area contributed by atoms with Gasteiger partial charge in [-0.15, -0.1) is 0 Å². The number of amides is 1. The molecular weight excluding hydrogens is 230 g/mol. The largest absolute Gasteiger partial charge is 0.468 e. The van der Waals surface area contributed by atoms with Crippen LogP contribution in [0.2, 0.25) is 0 Å². The summed E-state index contributed by atoms with van der Waals surface area (Å²) in [6.07, 6.45) is 6.17. The maximum absolute atomic E-state index is 12.6. The van der Waals surface area contributed by atoms with Crippen molar-refractivity contribution in [3.05, 3.63) is 0 Å². The van der Waals surface area contributed by atoms with E-state index in [2.05, 4.69) is 4.74 Å². The third-order valence-electron chi connectivity index (χ3n) is 3.80. The average Bonchev–Trinajstić information content (AvgIpc) is 2.38. The van der Waals surface area contributed by atoms with Crippen molar-refractivity contribution < 1.29 is 14.3 Å². The lowest BCUT2D eigenvalue weighted by Crippen LogP contribution is -2.46. The number of esters is 1. The third kappa shape index (κ3) is 3.72. The number of nitrogens with zero attached hydrogens (tertiary/aromatic N) is 1. The maximum atomic E-state index is 12.6. The summed E-state index contributed by atoms with van der Waals surface area (Å²) >= 11 is 0. The van der Waals surface area contributed by atoms with E-state index in [0.717, 1.165) is 32.1 Å². The van der Waals surface area contributed by atoms with Crippen LogP contribution in [0.1, 0.15) is 52.4 Å². The van der Waals surface area contributed by atoms with Gasteiger partial charge in [-0.25, -0.2) is 0 Å². The average molecular weight is 255 g/mol. The van der Waals surface area contributed by atoms with Crippen molar-refractivity contribution in [2.75, 3.05) is 20.2 Å². The van der Waals surface area contributed by atoms with Crippen molar-refractivity contribution in [3.63, 3.8) is 0 Å². The third-order valence-corrected chi connectivity index (χ3v) is 3.80. The Labute approximate surface area is 110 Å². The van der Waals surface area contributed by atoms with Crippen molar-refractivity contribution in [2.45, 2.75) is 52.4 Å². The van der Waals surface area contributed by atoms with E-state index < -0.39 is 0 Å². The Morgan fingerprint density at radius 2 is 1.83 bits per heavy atom. The number of carbonyl (C=O) groups excluding carboxylic acids is 2. The molecule has 0 aliphatic heterocycles. The van der Waals surface area contributed by atoms with Gasteiger partial charge in [-0.05, 0) is 19.3 Å². The van der Waals surface area contributed by atoms with Gasteiger partial charge in [0.05, 0.1) is 7.11 Å². The molecule has 4 nitrogen and oxygen atoms in total. The van der Waals surface area contributed by atoms with E-state index in [1.807, 2.05) is 13.8 Å². The van der Waals surface area contributed by atoms with E-state index in [9.17, 15) is 9.59 Å². The Balaban J connectivity index is 2.71. The Morgan fingerprint density at radius 3 is 2.33 bits per heavy atom. The van der Waals surface area contributed by atoms with E-state index in [0.29, 0.717) is 6.54 Å². The van der Waals surface area contributed by atoms with Crippen LogP contribution in [0, 0.1) is 5.41 Å². The normalized spacial score (nSPS) is 18.2. The van der Waals surface area contributed by atoms with Crippen molar-refractivity contribution in [2.24, 2.45) is 5.41 Å². The van der Waals surface area contributed by atoms with Gasteiger partial charge in [0.25, 0.3) is 0 Å². The Hall–Kier alpha value is -1.06. The van der Waals surface area contributed by atoms with Gasteiger partial charge in [-0.1, -0.05) is 33.1 Å². The first kappa shape index (κ1) is 15.0. The molecule has 4 heteroatoms. The Kier molecular flexibility index (Phi) is 5.63. The summed E-state index contributed by atoms with van der Waals surface area (Å²) in [5.41, 5.74) is -0.276. The lowest BCUT2D eigenvalue weighted by molar-refractivity contribution is -0.152. The quantitative estimate of drug-likeness (QED) is 0.709. The Bertz CT molecular complexity index is 295. The molecule has 0 bridgehead atoms. The molecule has 0 aromatic heterocycles. The molecule has 0 radical (unpaired) electrons. The molecule has 1 rings (SSSR count). The van der Waals surface area contributed by atoms with Crippen LogP contribution in [0.4, 0.5) is 0 Å². The fraction of sp³-hybridized carbons (Fsp3) is 0.857. The minimum Gasteiger partial charge on any atom is -0.468 e. The van der Waals surface area contributed by atoms with Crippen LogP contribution in [-0.4, -0.2) is 37.0 Å². The fourth-order valence-corrected chi connectivity index (χ4v) is 2.67. The molecule has 1 aliphatic rings. The summed E-state index contributed by atoms with van der Waals surface area (Å²) in [6.45, 7) is 4.76. The van der Waals surface area contributed by atoms with Crippen LogP contribution in [0.15, 0.2) is 0 Å². The van der Waals surface area contributed by atoms with Crippen LogP contribution in [0.5, 0.6) is 0 Å². The van der Waals surface area contributed by atoms with Gasteiger partial charge in [0.1, 0.15) is 6.54 Å². The van der Waals surface area contributed by atoms with Crippen LogP contribution >= 0.6 is 0 Å². The molecule has 1 saturated carbocycles. The molecule has 0 heterocycles. The Morgan fingerprint density at radius 1 is 1.22 bits per heavy atom. The topological polar surface area (TPSA) is 46.6 Å². The highest BCUT2D eigenvalue weighted by Gasteiger charge is 2.37. The molecule has 0 spiro atoms. The molecule has 1 aliphatic carbocycles. The van der Waals surface area contributed by atoms with Crippen molar-refractivity contribution in [1.82, 2.24) is 4.90 Å². The smallest absolute Gasteiger partial charge is 0.325 e. The summed E-state index contributed by atoms with van der Waals surface area (Å²) in [4.78, 5) is 25.6. The number of hydrogen-bond acceptors (Lipinski definition) is 3. The molecule has 0 atom stereocenters. The standard InChI is InChI=1S/C14H25NO3/c1-4-10-15(11-12(16)18-3)13(17)14(2)8-6-5-7-9-14/h4-11H2,1-3H3. The predicted octanol–water partition coefficient (Wildman–Crippen LogP) is 2.37. The van der Waals surface area contributed by atoms with Crippen LogP contribution < -0.4 is 0 Å². The number of methoxy groups -OCH3 is 1. The first-order valence-corrected chi connectivity index (χ1v) is 6.89. The summed E-state index contributed by atoms with van der Waals surface area (Å²) in [5.74, 6) is -0.217. The molecule has 0 N–H and O–H groups in total. The van der Waals surface area contributed by atoms with Gasteiger partial charge < -0.3 is 9.64 Å². The second kappa shape index (κ2) is 6.76. The van der Waals surface area contributed by atoms with Gasteiger partial charge in [0.15, 0.2) is 0 Å². The molecule has 0 aromatic carbocycles. The van der Waals surface area contributed by atoms with Gasteiger partial charge in [0, 0.05) is 12.0 Å². The summed E-state index contributed by atoms with van der Waals surface area (Å²) in [6, 6.07) is 0. The van der Waals surface area contributed by atoms with Crippen LogP contribution in [-0.2, 0) is 14.3 Å². The summed E-state index contributed by atoms with van der Waals surface area (Å²) < 4.78 is 4.66. The molecule has 1 fully saturated rings. The first-order chi connectivity index (χ1) is 8.53. The van der Waals surface area contributed by atoms with E-state index in [1.165, 1.54) is 13.5 Å². The molecule has 0 saturated heterocycles. The minimum absolute atomic E-state index is 0.0821. The molecule has 0 aromatic rings. The SMILES string of the molecule is CCCN(CC(=O)OC)C(=O)C1(C)CCCCC1. The molecule has 1 amide bonds. The maximum Gasteiger partial charge on any atom is 0.325 e. The van der Waals surface area contributed by atoms with Crippen molar-refractivity contribution in [3.8, 4) is 0 Å². The number of carbonyl (C=O) groups is 2. The number of rotatable bonds is 5. The number of hydrogen-bond donors (Lipinski definition) is 0. The van der Waals surface area contributed by atoms with Gasteiger partial charge in [0.2, 0.25) is 5.91 Å². The highest BCUT2D eigenvalue weighted by molar-refractivity contribution is 5.86. The number of ether oxygens (including phenoxy) is 1. The monoisotopic (exact) mass is 255 g/mol. The lowest BCUT2D eigenvalue weighted by atomic mass is 9.74. The highest BCUT2D eigenvalue weighted by Crippen LogP contribution is 2.37. The summed E-state index contributed by atoms with van der Waals surface area (Å²) in [7, 11) is 1.36.